The van der Waals surface area contributed by atoms with Gasteiger partial charge in [-0.15, -0.1) is 0 Å². The SMILES string of the molecule is CC(NC(=O)c1cn(C(=O)C(F)(F)F)cn1)[C@@H]1CC[C@@]2(S(=O)(=O)c3ccc(F)cc3)c3ccc(C(F)(C(F)(F)F)C(F)(F)F)cc3CC[C@@H]12. The van der Waals surface area contributed by atoms with Gasteiger partial charge in [0.25, 0.3) is 5.91 Å². The topological polar surface area (TPSA) is 98.1 Å². The van der Waals surface area contributed by atoms with Crippen molar-refractivity contribution >= 4 is 21.7 Å². The molecule has 4 atom stereocenters. The van der Waals surface area contributed by atoms with E-state index >= 15 is 4.39 Å². The fourth-order valence-corrected chi connectivity index (χ4v) is 9.59. The lowest BCUT2D eigenvalue weighted by molar-refractivity contribution is -0.348. The van der Waals surface area contributed by atoms with Crippen molar-refractivity contribution in [1.29, 1.82) is 0 Å². The van der Waals surface area contributed by atoms with Gasteiger partial charge in [-0.2, -0.15) is 39.5 Å². The van der Waals surface area contributed by atoms with Gasteiger partial charge in [-0.05, 0) is 79.8 Å². The van der Waals surface area contributed by atoms with Gasteiger partial charge in [0, 0.05) is 17.8 Å². The van der Waals surface area contributed by atoms with Crippen molar-refractivity contribution in [3.63, 3.8) is 0 Å². The van der Waals surface area contributed by atoms with Gasteiger partial charge < -0.3 is 5.32 Å². The number of carbonyl (C=O) groups excluding carboxylic acids is 2. The first-order chi connectivity index (χ1) is 22.5. The highest BCUT2D eigenvalue weighted by Gasteiger charge is 2.74. The Balaban J connectivity index is 1.56. The monoisotopic (exact) mass is 731 g/mol. The lowest BCUT2D eigenvalue weighted by atomic mass is 9.71. The maximum absolute atomic E-state index is 15.0. The molecule has 0 saturated heterocycles. The Morgan fingerprint density at radius 1 is 0.939 bits per heavy atom. The summed E-state index contributed by atoms with van der Waals surface area (Å²) < 4.78 is 176. The molecule has 1 fully saturated rings. The maximum atomic E-state index is 15.0. The van der Waals surface area contributed by atoms with E-state index in [1.54, 1.807) is 0 Å². The van der Waals surface area contributed by atoms with E-state index in [0.717, 1.165) is 30.3 Å². The number of amides is 1. The Hall–Kier alpha value is -4.03. The Morgan fingerprint density at radius 2 is 1.55 bits per heavy atom. The van der Waals surface area contributed by atoms with E-state index in [-0.39, 0.29) is 47.4 Å². The van der Waals surface area contributed by atoms with Crippen LogP contribution in [0, 0.1) is 17.7 Å². The number of carbonyl (C=O) groups is 2. The zero-order valence-corrected chi connectivity index (χ0v) is 25.7. The number of fused-ring (bicyclic) bond motifs is 3. The van der Waals surface area contributed by atoms with Crippen molar-refractivity contribution < 1.29 is 66.3 Å². The minimum absolute atomic E-state index is 0.00683. The van der Waals surface area contributed by atoms with Crippen LogP contribution in [-0.4, -0.2) is 54.4 Å². The first kappa shape index (κ1) is 36.3. The summed E-state index contributed by atoms with van der Waals surface area (Å²) in [7, 11) is -4.64. The lowest BCUT2D eigenvalue weighted by Crippen LogP contribution is -2.51. The van der Waals surface area contributed by atoms with Crippen molar-refractivity contribution in [2.45, 2.75) is 72.5 Å². The predicted octanol–water partition coefficient (Wildman–Crippen LogP) is 6.97. The first-order valence-corrected chi connectivity index (χ1v) is 15.9. The number of aryl methyl sites for hydroxylation is 1. The number of aromatic nitrogens is 2. The van der Waals surface area contributed by atoms with Gasteiger partial charge in [-0.25, -0.2) is 22.2 Å². The molecule has 49 heavy (non-hydrogen) atoms. The van der Waals surface area contributed by atoms with E-state index in [9.17, 15) is 61.9 Å². The zero-order chi connectivity index (χ0) is 36.5. The molecule has 1 saturated carbocycles. The number of nitrogens with zero attached hydrogens (tertiary/aromatic N) is 2. The molecule has 0 spiro atoms. The Labute approximate surface area is 270 Å². The second-order valence-corrected chi connectivity index (χ2v) is 14.2. The van der Waals surface area contributed by atoms with Crippen LogP contribution in [0.15, 0.2) is 59.9 Å². The molecule has 1 amide bonds. The zero-order valence-electron chi connectivity index (χ0n) is 24.8. The molecule has 0 radical (unpaired) electrons. The largest absolute Gasteiger partial charge is 0.472 e. The first-order valence-electron chi connectivity index (χ1n) is 14.4. The highest BCUT2D eigenvalue weighted by molar-refractivity contribution is 7.92. The molecule has 1 heterocycles. The summed E-state index contributed by atoms with van der Waals surface area (Å²) in [6.07, 6.45) is -17.8. The number of imidazole rings is 1. The van der Waals surface area contributed by atoms with Crippen LogP contribution in [0.2, 0.25) is 0 Å². The molecule has 5 rings (SSSR count). The van der Waals surface area contributed by atoms with E-state index in [1.165, 1.54) is 6.92 Å². The molecule has 1 N–H and O–H groups in total. The average molecular weight is 732 g/mol. The van der Waals surface area contributed by atoms with Gasteiger partial charge in [0.1, 0.15) is 22.6 Å². The average Bonchev–Trinajstić information content (AvgIpc) is 3.65. The number of nitrogens with one attached hydrogen (secondary N) is 1. The van der Waals surface area contributed by atoms with Crippen molar-refractivity contribution in [2.75, 3.05) is 0 Å². The predicted molar refractivity (Wildman–Crippen MR) is 147 cm³/mol. The highest BCUT2D eigenvalue weighted by atomic mass is 32.2. The third kappa shape index (κ3) is 5.76. The van der Waals surface area contributed by atoms with Crippen LogP contribution in [0.4, 0.5) is 48.3 Å². The van der Waals surface area contributed by atoms with Crippen molar-refractivity contribution in [1.82, 2.24) is 14.9 Å². The normalized spacial score (nSPS) is 22.3. The number of halogens is 11. The number of hydrogen-bond donors (Lipinski definition) is 1. The Kier molecular flexibility index (Phi) is 8.73. The molecule has 2 aliphatic rings. The summed E-state index contributed by atoms with van der Waals surface area (Å²) in [5.74, 6) is -5.88. The minimum atomic E-state index is -6.42. The number of rotatable bonds is 6. The molecule has 2 aromatic carbocycles. The van der Waals surface area contributed by atoms with Crippen molar-refractivity contribution in [2.24, 2.45) is 11.8 Å². The van der Waals surface area contributed by atoms with Gasteiger partial charge in [0.2, 0.25) is 0 Å². The molecule has 0 bridgehead atoms. The lowest BCUT2D eigenvalue weighted by Gasteiger charge is -2.44. The summed E-state index contributed by atoms with van der Waals surface area (Å²) in [6, 6.07) is 3.93. The third-order valence-corrected chi connectivity index (χ3v) is 11.9. The molecular formula is C30H24F11N3O4S. The van der Waals surface area contributed by atoms with Crippen molar-refractivity contribution in [3.05, 3.63) is 83.2 Å². The van der Waals surface area contributed by atoms with E-state index < -0.39 is 90.4 Å². The molecule has 1 aromatic heterocycles. The van der Waals surface area contributed by atoms with Crippen LogP contribution in [0.25, 0.3) is 0 Å². The summed E-state index contributed by atoms with van der Waals surface area (Å²) >= 11 is 0. The third-order valence-electron chi connectivity index (χ3n) is 9.33. The van der Waals surface area contributed by atoms with Crippen LogP contribution in [0.5, 0.6) is 0 Å². The van der Waals surface area contributed by atoms with Crippen molar-refractivity contribution in [3.8, 4) is 0 Å². The second-order valence-electron chi connectivity index (χ2n) is 12.0. The fourth-order valence-electron chi connectivity index (χ4n) is 7.11. The smallest absolute Gasteiger partial charge is 0.348 e. The fraction of sp³-hybridized carbons (Fsp3) is 0.433. The van der Waals surface area contributed by atoms with Gasteiger partial charge in [0.05, 0.1) is 4.90 Å². The van der Waals surface area contributed by atoms with Crippen LogP contribution >= 0.6 is 0 Å². The summed E-state index contributed by atoms with van der Waals surface area (Å²) in [5.41, 5.74) is -8.62. The molecule has 1 unspecified atom stereocenters. The van der Waals surface area contributed by atoms with E-state index in [1.807, 2.05) is 0 Å². The number of sulfone groups is 1. The molecule has 2 aliphatic carbocycles. The van der Waals surface area contributed by atoms with Gasteiger partial charge >= 0.3 is 30.1 Å². The van der Waals surface area contributed by atoms with Gasteiger partial charge in [-0.1, -0.05) is 18.2 Å². The second kappa shape index (κ2) is 11.8. The summed E-state index contributed by atoms with van der Waals surface area (Å²) in [6.45, 7) is 1.45. The number of hydrogen-bond acceptors (Lipinski definition) is 5. The summed E-state index contributed by atoms with van der Waals surface area (Å²) in [5, 5.41) is 2.51. The maximum Gasteiger partial charge on any atom is 0.472 e. The van der Waals surface area contributed by atoms with Gasteiger partial charge in [-0.3, -0.25) is 14.2 Å². The quantitative estimate of drug-likeness (QED) is 0.218. The van der Waals surface area contributed by atoms with E-state index in [0.29, 0.717) is 18.6 Å². The highest BCUT2D eigenvalue weighted by Crippen LogP contribution is 2.61. The molecule has 266 valence electrons. The molecule has 0 aliphatic heterocycles. The molecule has 7 nitrogen and oxygen atoms in total. The standard InChI is InChI=1S/C30H24F11N3O4S/c1-15(43-24(45)23-13-44(14-42-23)25(46)28(33,34)35)20-10-11-26(49(47,48)19-6-4-18(31)5-7-19)21-9-3-17(12-16(21)2-8-22(20)26)27(32,29(36,37)38)30(39,40)41/h3-7,9,12-15,20,22H,2,8,10-11H2,1H3,(H,43,45)/t15?,20-,22-,26+/m0/s1. The van der Waals surface area contributed by atoms with Crippen LogP contribution < -0.4 is 5.32 Å². The van der Waals surface area contributed by atoms with Crippen LogP contribution in [0.3, 0.4) is 0 Å². The van der Waals surface area contributed by atoms with E-state index in [4.69, 9.17) is 0 Å². The summed E-state index contributed by atoms with van der Waals surface area (Å²) in [4.78, 5) is 27.5. The number of alkyl halides is 10. The van der Waals surface area contributed by atoms with Crippen LogP contribution in [0.1, 0.15) is 58.2 Å². The molecule has 19 heteroatoms. The van der Waals surface area contributed by atoms with Crippen LogP contribution in [-0.2, 0) is 26.7 Å². The minimum Gasteiger partial charge on any atom is -0.348 e. The Bertz CT molecular complexity index is 1870. The van der Waals surface area contributed by atoms with Gasteiger partial charge in [0.15, 0.2) is 9.84 Å². The molecule has 3 aromatic rings. The Morgan fingerprint density at radius 3 is 2.12 bits per heavy atom. The number of benzene rings is 2. The van der Waals surface area contributed by atoms with E-state index in [2.05, 4.69) is 10.3 Å². The molecular weight excluding hydrogens is 707 g/mol.